The summed E-state index contributed by atoms with van der Waals surface area (Å²) in [6, 6.07) is 0. The summed E-state index contributed by atoms with van der Waals surface area (Å²) in [6.07, 6.45) is 1.96. The molecule has 2 unspecified atom stereocenters. The lowest BCUT2D eigenvalue weighted by Crippen LogP contribution is -2.21. The van der Waals surface area contributed by atoms with Crippen LogP contribution in [0.2, 0.25) is 0 Å². The molecular formula is C8H16N4O. The Kier molecular flexibility index (Phi) is 3.39. The number of nitrogens with zero attached hydrogens (tertiary/aromatic N) is 3. The molecule has 0 spiro atoms. The van der Waals surface area contributed by atoms with Crippen molar-refractivity contribution in [2.24, 2.45) is 18.7 Å². The molecule has 0 radical (unpaired) electrons. The average Bonchev–Trinajstić information content (AvgIpc) is 2.54. The van der Waals surface area contributed by atoms with Crippen molar-refractivity contribution >= 4 is 0 Å². The van der Waals surface area contributed by atoms with E-state index in [0.29, 0.717) is 12.2 Å². The predicted molar refractivity (Wildman–Crippen MR) is 48.8 cm³/mol. The zero-order valence-corrected chi connectivity index (χ0v) is 8.01. The van der Waals surface area contributed by atoms with Gasteiger partial charge in [0.1, 0.15) is 11.8 Å². The van der Waals surface area contributed by atoms with Crippen LogP contribution in [0.5, 0.6) is 0 Å². The van der Waals surface area contributed by atoms with Crippen LogP contribution in [-0.2, 0) is 7.05 Å². The van der Waals surface area contributed by atoms with Gasteiger partial charge >= 0.3 is 0 Å². The van der Waals surface area contributed by atoms with Crippen molar-refractivity contribution in [3.05, 3.63) is 11.9 Å². The second-order valence-corrected chi connectivity index (χ2v) is 3.17. The number of aliphatic hydroxyl groups is 1. The highest BCUT2D eigenvalue weighted by molar-refractivity contribution is 4.99. The molecule has 3 N–H and O–H groups in total. The Balaban J connectivity index is 2.71. The Bertz CT molecular complexity index is 256. The van der Waals surface area contributed by atoms with E-state index in [9.17, 15) is 5.11 Å². The summed E-state index contributed by atoms with van der Waals surface area (Å²) < 4.78 is 1.57. The summed E-state index contributed by atoms with van der Waals surface area (Å²) in [5, 5.41) is 17.4. The molecule has 0 aliphatic heterocycles. The Morgan fingerprint density at radius 2 is 2.38 bits per heavy atom. The van der Waals surface area contributed by atoms with Crippen LogP contribution in [-0.4, -0.2) is 26.6 Å². The van der Waals surface area contributed by atoms with Crippen LogP contribution in [0, 0.1) is 5.92 Å². The van der Waals surface area contributed by atoms with Gasteiger partial charge in [-0.1, -0.05) is 12.1 Å². The van der Waals surface area contributed by atoms with Gasteiger partial charge in [-0.2, -0.15) is 0 Å². The summed E-state index contributed by atoms with van der Waals surface area (Å²) in [4.78, 5) is 0. The van der Waals surface area contributed by atoms with Gasteiger partial charge in [-0.15, -0.1) is 5.10 Å². The molecule has 2 atom stereocenters. The summed E-state index contributed by atoms with van der Waals surface area (Å²) in [5.41, 5.74) is 6.11. The van der Waals surface area contributed by atoms with Crippen LogP contribution in [0.25, 0.3) is 0 Å². The third-order valence-corrected chi connectivity index (χ3v) is 2.20. The maximum absolute atomic E-state index is 9.80. The molecule has 0 aliphatic rings. The lowest BCUT2D eigenvalue weighted by atomic mass is 9.98. The van der Waals surface area contributed by atoms with Crippen molar-refractivity contribution in [1.29, 1.82) is 0 Å². The Morgan fingerprint density at radius 3 is 2.77 bits per heavy atom. The van der Waals surface area contributed by atoms with Gasteiger partial charge < -0.3 is 10.8 Å². The van der Waals surface area contributed by atoms with E-state index in [4.69, 9.17) is 5.73 Å². The number of hydrogen-bond acceptors (Lipinski definition) is 4. The second-order valence-electron chi connectivity index (χ2n) is 3.17. The topological polar surface area (TPSA) is 77.0 Å². The first-order chi connectivity index (χ1) is 6.19. The number of nitrogens with two attached hydrogens (primary N) is 1. The van der Waals surface area contributed by atoms with E-state index in [2.05, 4.69) is 10.3 Å². The Hall–Kier alpha value is -0.940. The van der Waals surface area contributed by atoms with E-state index < -0.39 is 6.10 Å². The minimum absolute atomic E-state index is 0.0664. The molecule has 1 aromatic rings. The molecule has 0 fully saturated rings. The first-order valence-electron chi connectivity index (χ1n) is 4.43. The van der Waals surface area contributed by atoms with Crippen molar-refractivity contribution < 1.29 is 5.11 Å². The number of aryl methyl sites for hydroxylation is 1. The minimum Gasteiger partial charge on any atom is -0.386 e. The van der Waals surface area contributed by atoms with Crippen molar-refractivity contribution in [2.75, 3.05) is 6.54 Å². The molecular weight excluding hydrogens is 168 g/mol. The maximum atomic E-state index is 9.80. The number of aromatic nitrogens is 3. The molecule has 1 heterocycles. The van der Waals surface area contributed by atoms with Crippen molar-refractivity contribution in [3.63, 3.8) is 0 Å². The van der Waals surface area contributed by atoms with E-state index in [1.54, 1.807) is 17.9 Å². The summed E-state index contributed by atoms with van der Waals surface area (Å²) in [7, 11) is 1.77. The van der Waals surface area contributed by atoms with Crippen LogP contribution >= 0.6 is 0 Å². The van der Waals surface area contributed by atoms with Crippen molar-refractivity contribution in [3.8, 4) is 0 Å². The van der Waals surface area contributed by atoms with Crippen LogP contribution < -0.4 is 5.73 Å². The lowest BCUT2D eigenvalue weighted by Gasteiger charge is -2.16. The summed E-state index contributed by atoms with van der Waals surface area (Å²) >= 11 is 0. The largest absolute Gasteiger partial charge is 0.386 e. The molecule has 0 saturated carbocycles. The highest BCUT2D eigenvalue weighted by atomic mass is 16.3. The van der Waals surface area contributed by atoms with Gasteiger partial charge in [-0.25, -0.2) is 0 Å². The van der Waals surface area contributed by atoms with Crippen molar-refractivity contribution in [2.45, 2.75) is 19.4 Å². The van der Waals surface area contributed by atoms with Gasteiger partial charge in [0.15, 0.2) is 0 Å². The fraction of sp³-hybridized carbons (Fsp3) is 0.750. The first-order valence-corrected chi connectivity index (χ1v) is 4.43. The molecule has 13 heavy (non-hydrogen) atoms. The molecule has 0 saturated heterocycles. The van der Waals surface area contributed by atoms with E-state index >= 15 is 0 Å². The lowest BCUT2D eigenvalue weighted by molar-refractivity contribution is 0.106. The van der Waals surface area contributed by atoms with E-state index in [1.807, 2.05) is 6.92 Å². The molecule has 5 heteroatoms. The third-order valence-electron chi connectivity index (χ3n) is 2.20. The van der Waals surface area contributed by atoms with Gasteiger partial charge in [0.2, 0.25) is 0 Å². The molecule has 1 aromatic heterocycles. The zero-order valence-electron chi connectivity index (χ0n) is 8.01. The van der Waals surface area contributed by atoms with Crippen LogP contribution in [0.15, 0.2) is 6.20 Å². The minimum atomic E-state index is -0.594. The smallest absolute Gasteiger partial charge is 0.111 e. The Labute approximate surface area is 77.6 Å². The highest BCUT2D eigenvalue weighted by Gasteiger charge is 2.20. The maximum Gasteiger partial charge on any atom is 0.111 e. The molecule has 74 valence electrons. The van der Waals surface area contributed by atoms with Crippen LogP contribution in [0.1, 0.15) is 25.1 Å². The number of aliphatic hydroxyl groups excluding tert-OH is 1. The van der Waals surface area contributed by atoms with E-state index in [1.165, 1.54) is 0 Å². The van der Waals surface area contributed by atoms with Gasteiger partial charge in [-0.05, 0) is 13.0 Å². The molecule has 0 aliphatic carbocycles. The SMILES string of the molecule is CCC(CN)C(O)c1cn(C)nn1. The highest BCUT2D eigenvalue weighted by Crippen LogP contribution is 2.21. The van der Waals surface area contributed by atoms with E-state index in [0.717, 1.165) is 6.42 Å². The van der Waals surface area contributed by atoms with Crippen molar-refractivity contribution in [1.82, 2.24) is 15.0 Å². The van der Waals surface area contributed by atoms with Gasteiger partial charge in [0, 0.05) is 13.0 Å². The predicted octanol–water partition coefficient (Wildman–Crippen LogP) is -0.167. The average molecular weight is 184 g/mol. The quantitative estimate of drug-likeness (QED) is 0.681. The third kappa shape index (κ3) is 2.26. The first kappa shape index (κ1) is 10.1. The van der Waals surface area contributed by atoms with E-state index in [-0.39, 0.29) is 5.92 Å². The number of hydrogen-bond donors (Lipinski definition) is 2. The molecule has 0 amide bonds. The van der Waals surface area contributed by atoms with Gasteiger partial charge in [0.05, 0.1) is 6.20 Å². The molecule has 5 nitrogen and oxygen atoms in total. The number of rotatable bonds is 4. The second kappa shape index (κ2) is 4.34. The summed E-state index contributed by atoms with van der Waals surface area (Å²) in [6.45, 7) is 2.46. The monoisotopic (exact) mass is 184 g/mol. The standard InChI is InChI=1S/C8H16N4O/c1-3-6(4-9)8(13)7-5-12(2)11-10-7/h5-6,8,13H,3-4,9H2,1-2H3. The fourth-order valence-electron chi connectivity index (χ4n) is 1.26. The van der Waals surface area contributed by atoms with Crippen LogP contribution in [0.3, 0.4) is 0 Å². The molecule has 0 bridgehead atoms. The normalized spacial score (nSPS) is 15.7. The molecule has 0 aromatic carbocycles. The van der Waals surface area contributed by atoms with Crippen LogP contribution in [0.4, 0.5) is 0 Å². The molecule has 1 rings (SSSR count). The Morgan fingerprint density at radius 1 is 1.69 bits per heavy atom. The van der Waals surface area contributed by atoms with Gasteiger partial charge in [0.25, 0.3) is 0 Å². The fourth-order valence-corrected chi connectivity index (χ4v) is 1.26. The zero-order chi connectivity index (χ0) is 9.84. The summed E-state index contributed by atoms with van der Waals surface area (Å²) in [5.74, 6) is 0.0664. The van der Waals surface area contributed by atoms with Gasteiger partial charge in [-0.3, -0.25) is 4.68 Å².